The number of hydrogen-bond donors (Lipinski definition) is 1. The molecule has 184 valence electrons. The molecule has 1 aromatic heterocycles. The van der Waals surface area contributed by atoms with Crippen molar-refractivity contribution in [3.05, 3.63) is 47.1 Å². The highest BCUT2D eigenvalue weighted by Crippen LogP contribution is 2.35. The number of aromatic nitrogens is 1. The van der Waals surface area contributed by atoms with E-state index in [1.165, 1.54) is 12.0 Å². The number of pyridine rings is 1. The number of nitrogens with one attached hydrogen (secondary N) is 1. The van der Waals surface area contributed by atoms with Crippen LogP contribution >= 0.6 is 11.6 Å². The number of nitrogens with zero attached hydrogens (tertiary/aromatic N) is 3. The summed E-state index contributed by atoms with van der Waals surface area (Å²) in [5.74, 6) is 0.0161. The fourth-order valence-electron chi connectivity index (χ4n) is 3.87. The van der Waals surface area contributed by atoms with E-state index in [1.807, 2.05) is 0 Å². The lowest BCUT2D eigenvalue weighted by atomic mass is 9.95. The summed E-state index contributed by atoms with van der Waals surface area (Å²) in [5, 5.41) is 2.68. The number of carbonyl (C=O) groups excluding carboxylic acids is 2. The average molecular weight is 499 g/mol. The molecule has 1 aliphatic rings. The molecule has 0 atom stereocenters. The van der Waals surface area contributed by atoms with E-state index in [0.29, 0.717) is 43.9 Å². The number of benzene rings is 1. The molecule has 0 spiro atoms. The Kier molecular flexibility index (Phi) is 8.24. The first-order valence-corrected chi connectivity index (χ1v) is 11.2. The zero-order valence-corrected chi connectivity index (χ0v) is 19.6. The third kappa shape index (κ3) is 6.11. The summed E-state index contributed by atoms with van der Waals surface area (Å²) < 4.78 is 43.8. The summed E-state index contributed by atoms with van der Waals surface area (Å²) >= 11 is 6.05. The van der Waals surface area contributed by atoms with E-state index in [0.717, 1.165) is 12.3 Å². The Balaban J connectivity index is 1.58. The molecule has 2 heterocycles. The molecular weight excluding hydrogens is 473 g/mol. The maximum Gasteiger partial charge on any atom is 0.417 e. The van der Waals surface area contributed by atoms with Crippen molar-refractivity contribution in [1.82, 2.24) is 9.88 Å². The van der Waals surface area contributed by atoms with Crippen molar-refractivity contribution in [3.63, 3.8) is 0 Å². The van der Waals surface area contributed by atoms with E-state index < -0.39 is 11.7 Å². The molecule has 2 aromatic rings. The van der Waals surface area contributed by atoms with Crippen molar-refractivity contribution in [2.45, 2.75) is 25.9 Å². The second-order valence-corrected chi connectivity index (χ2v) is 8.30. The van der Waals surface area contributed by atoms with E-state index in [-0.39, 0.29) is 35.1 Å². The smallest absolute Gasteiger partial charge is 0.417 e. The summed E-state index contributed by atoms with van der Waals surface area (Å²) in [5.41, 5.74) is -0.385. The van der Waals surface area contributed by atoms with Gasteiger partial charge in [-0.2, -0.15) is 13.2 Å². The average Bonchev–Trinajstić information content (AvgIpc) is 2.82. The molecule has 2 amide bonds. The maximum absolute atomic E-state index is 13.0. The molecule has 0 saturated carbocycles. The summed E-state index contributed by atoms with van der Waals surface area (Å²) in [7, 11) is 1.51. The molecule has 1 saturated heterocycles. The molecule has 0 radical (unpaired) electrons. The van der Waals surface area contributed by atoms with Crippen molar-refractivity contribution in [3.8, 4) is 5.75 Å². The zero-order valence-electron chi connectivity index (χ0n) is 18.9. The normalized spacial score (nSPS) is 14.6. The van der Waals surface area contributed by atoms with Gasteiger partial charge in [-0.3, -0.25) is 9.59 Å². The van der Waals surface area contributed by atoms with Gasteiger partial charge < -0.3 is 19.9 Å². The van der Waals surface area contributed by atoms with E-state index in [4.69, 9.17) is 16.3 Å². The molecule has 34 heavy (non-hydrogen) atoms. The summed E-state index contributed by atoms with van der Waals surface area (Å²) in [6.07, 6.45) is -2.81. The van der Waals surface area contributed by atoms with Gasteiger partial charge in [0.05, 0.1) is 29.9 Å². The van der Waals surface area contributed by atoms with Crippen molar-refractivity contribution in [1.29, 1.82) is 0 Å². The molecule has 0 unspecified atom stereocenters. The van der Waals surface area contributed by atoms with Gasteiger partial charge in [0, 0.05) is 31.7 Å². The molecule has 0 bridgehead atoms. The minimum Gasteiger partial charge on any atom is -0.495 e. The number of rotatable bonds is 7. The summed E-state index contributed by atoms with van der Waals surface area (Å²) in [4.78, 5) is 32.7. The van der Waals surface area contributed by atoms with Crippen molar-refractivity contribution in [2.24, 2.45) is 5.92 Å². The van der Waals surface area contributed by atoms with Crippen molar-refractivity contribution >= 4 is 34.9 Å². The number of halogens is 4. The standard InChI is InChI=1S/C23H26ClF3N4O3/c1-3-30(14-20(32)29-18-6-4-5-7-19(18)34-2)22(33)15-8-10-31(11-9-15)21-17(24)12-16(13-28-21)23(25,26)27/h4-7,12-13,15H,3,8-11,14H2,1-2H3,(H,29,32). The van der Waals surface area contributed by atoms with E-state index in [1.54, 1.807) is 36.1 Å². The molecule has 7 nitrogen and oxygen atoms in total. The van der Waals surface area contributed by atoms with Gasteiger partial charge in [0.25, 0.3) is 0 Å². The van der Waals surface area contributed by atoms with Crippen molar-refractivity contribution in [2.75, 3.05) is 43.5 Å². The first kappa shape index (κ1) is 25.6. The second-order valence-electron chi connectivity index (χ2n) is 7.89. The Morgan fingerprint density at radius 2 is 1.94 bits per heavy atom. The third-order valence-corrected chi connectivity index (χ3v) is 5.98. The molecule has 1 aliphatic heterocycles. The Bertz CT molecular complexity index is 1030. The highest BCUT2D eigenvalue weighted by molar-refractivity contribution is 6.33. The van der Waals surface area contributed by atoms with Gasteiger partial charge in [-0.25, -0.2) is 4.98 Å². The second kappa shape index (κ2) is 10.9. The third-order valence-electron chi connectivity index (χ3n) is 5.70. The number of hydrogen-bond acceptors (Lipinski definition) is 5. The van der Waals surface area contributed by atoms with Crippen LogP contribution in [0.15, 0.2) is 36.5 Å². The number of anilines is 2. The van der Waals surface area contributed by atoms with Gasteiger partial charge in [-0.15, -0.1) is 0 Å². The minimum atomic E-state index is -4.52. The lowest BCUT2D eigenvalue weighted by Crippen LogP contribution is -2.45. The molecular formula is C23H26ClF3N4O3. The first-order valence-electron chi connectivity index (χ1n) is 10.8. The van der Waals surface area contributed by atoms with Gasteiger partial charge in [-0.05, 0) is 38.0 Å². The Morgan fingerprint density at radius 3 is 2.53 bits per heavy atom. The number of para-hydroxylation sites is 2. The van der Waals surface area contributed by atoms with Crippen LogP contribution in [0, 0.1) is 5.92 Å². The summed E-state index contributed by atoms with van der Waals surface area (Å²) in [6.45, 7) is 2.90. The molecule has 11 heteroatoms. The molecule has 1 N–H and O–H groups in total. The Labute approximate surface area is 200 Å². The zero-order chi connectivity index (χ0) is 24.9. The topological polar surface area (TPSA) is 74.8 Å². The predicted molar refractivity (Wildman–Crippen MR) is 123 cm³/mol. The van der Waals surface area contributed by atoms with Crippen LogP contribution in [0.3, 0.4) is 0 Å². The van der Waals surface area contributed by atoms with Crippen LogP contribution < -0.4 is 15.0 Å². The van der Waals surface area contributed by atoms with Gasteiger partial charge in [0.1, 0.15) is 11.6 Å². The molecule has 3 rings (SSSR count). The van der Waals surface area contributed by atoms with Crippen molar-refractivity contribution < 1.29 is 27.5 Å². The van der Waals surface area contributed by atoms with Gasteiger partial charge in [0.2, 0.25) is 11.8 Å². The van der Waals surface area contributed by atoms with Crippen LogP contribution in [0.2, 0.25) is 5.02 Å². The lowest BCUT2D eigenvalue weighted by molar-refractivity contribution is -0.139. The highest BCUT2D eigenvalue weighted by atomic mass is 35.5. The SMILES string of the molecule is CCN(CC(=O)Nc1ccccc1OC)C(=O)C1CCN(c2ncc(C(F)(F)F)cc2Cl)CC1. The van der Waals surface area contributed by atoms with Gasteiger partial charge in [0.15, 0.2) is 0 Å². The molecule has 1 fully saturated rings. The number of ether oxygens (including phenoxy) is 1. The number of piperidine rings is 1. The van der Waals surface area contributed by atoms with Crippen LogP contribution in [0.25, 0.3) is 0 Å². The van der Waals surface area contributed by atoms with E-state index in [2.05, 4.69) is 10.3 Å². The van der Waals surface area contributed by atoms with Crippen LogP contribution in [-0.4, -0.2) is 55.0 Å². The minimum absolute atomic E-state index is 0.0807. The Hall–Kier alpha value is -3.01. The van der Waals surface area contributed by atoms with Crippen LogP contribution in [0.4, 0.5) is 24.7 Å². The summed E-state index contributed by atoms with van der Waals surface area (Å²) in [6, 6.07) is 7.86. The number of likely N-dealkylation sites (N-methyl/N-ethyl adjacent to an activating group) is 1. The van der Waals surface area contributed by atoms with Gasteiger partial charge in [-0.1, -0.05) is 23.7 Å². The predicted octanol–water partition coefficient (Wildman–Crippen LogP) is 4.47. The Morgan fingerprint density at radius 1 is 1.26 bits per heavy atom. The monoisotopic (exact) mass is 498 g/mol. The molecule has 0 aliphatic carbocycles. The molecule has 1 aromatic carbocycles. The largest absolute Gasteiger partial charge is 0.495 e. The van der Waals surface area contributed by atoms with Crippen LogP contribution in [-0.2, 0) is 15.8 Å². The fourth-order valence-corrected chi connectivity index (χ4v) is 4.16. The maximum atomic E-state index is 13.0. The highest BCUT2D eigenvalue weighted by Gasteiger charge is 2.33. The van der Waals surface area contributed by atoms with Crippen LogP contribution in [0.5, 0.6) is 5.75 Å². The number of alkyl halides is 3. The van der Waals surface area contributed by atoms with E-state index in [9.17, 15) is 22.8 Å². The number of amides is 2. The van der Waals surface area contributed by atoms with Gasteiger partial charge >= 0.3 is 6.18 Å². The van der Waals surface area contributed by atoms with E-state index >= 15 is 0 Å². The van der Waals surface area contributed by atoms with Crippen LogP contribution in [0.1, 0.15) is 25.3 Å². The number of carbonyl (C=O) groups is 2. The quantitative estimate of drug-likeness (QED) is 0.610. The lowest BCUT2D eigenvalue weighted by Gasteiger charge is -2.34. The number of methoxy groups -OCH3 is 1. The first-order chi connectivity index (χ1) is 16.1. The fraction of sp³-hybridized carbons (Fsp3) is 0.435.